The average Bonchev–Trinajstić information content (AvgIpc) is 2.97. The molecule has 4 unspecified atom stereocenters. The lowest BCUT2D eigenvalue weighted by molar-refractivity contribution is -0.773. The summed E-state index contributed by atoms with van der Waals surface area (Å²) in [6, 6.07) is 4.82. The molecule has 4 atom stereocenters. The first-order chi connectivity index (χ1) is 13.8. The van der Waals surface area contributed by atoms with Gasteiger partial charge in [-0.1, -0.05) is 67.5 Å². The lowest BCUT2D eigenvalue weighted by Gasteiger charge is -2.43. The molecule has 0 saturated carbocycles. The van der Waals surface area contributed by atoms with Gasteiger partial charge in [-0.2, -0.15) is 4.57 Å². The van der Waals surface area contributed by atoms with Crippen LogP contribution < -0.4 is 4.57 Å². The second-order valence-electron chi connectivity index (χ2n) is 9.44. The van der Waals surface area contributed by atoms with Crippen molar-refractivity contribution in [3.8, 4) is 0 Å². The van der Waals surface area contributed by atoms with Crippen molar-refractivity contribution >= 4 is 6.21 Å². The number of nitrogens with zero attached hydrogens (tertiary/aromatic N) is 2. The minimum atomic E-state index is -0.266. The van der Waals surface area contributed by atoms with Crippen LogP contribution in [0.1, 0.15) is 111 Å². The van der Waals surface area contributed by atoms with Gasteiger partial charge in [0, 0.05) is 18.3 Å². The number of rotatable bonds is 9. The van der Waals surface area contributed by atoms with E-state index in [2.05, 4.69) is 104 Å². The summed E-state index contributed by atoms with van der Waals surface area (Å²) in [5.74, 6) is 1.90. The molecule has 0 N–H and O–H groups in total. The van der Waals surface area contributed by atoms with Crippen LogP contribution >= 0.6 is 0 Å². The molecule has 0 saturated heterocycles. The smallest absolute Gasteiger partial charge is 0.226 e. The van der Waals surface area contributed by atoms with Gasteiger partial charge in [0.25, 0.3) is 5.66 Å². The monoisotopic (exact) mass is 397 g/mol. The molecule has 0 aliphatic carbocycles. The molecule has 2 heterocycles. The van der Waals surface area contributed by atoms with E-state index < -0.39 is 0 Å². The summed E-state index contributed by atoms with van der Waals surface area (Å²) >= 11 is 0. The summed E-state index contributed by atoms with van der Waals surface area (Å²) in [5.41, 5.74) is 2.78. The SMILES string of the molecule is C/C=C\C(C)C1(N=CC(C)CC)[n+]2ccc(C(C)C)cc2C(CC)C1(CC)CC. The van der Waals surface area contributed by atoms with Gasteiger partial charge in [-0.3, -0.25) is 0 Å². The second kappa shape index (κ2) is 9.58. The van der Waals surface area contributed by atoms with Crippen LogP contribution in [0.2, 0.25) is 0 Å². The van der Waals surface area contributed by atoms with Crippen molar-refractivity contribution in [2.24, 2.45) is 22.2 Å². The maximum atomic E-state index is 5.54. The molecular weight excluding hydrogens is 352 g/mol. The quantitative estimate of drug-likeness (QED) is 0.234. The van der Waals surface area contributed by atoms with Crippen molar-refractivity contribution in [2.75, 3.05) is 0 Å². The number of aromatic nitrogens is 1. The van der Waals surface area contributed by atoms with Crippen LogP contribution in [0.4, 0.5) is 0 Å². The first-order valence-corrected chi connectivity index (χ1v) is 12.0. The van der Waals surface area contributed by atoms with E-state index in [-0.39, 0.29) is 11.1 Å². The van der Waals surface area contributed by atoms with Crippen molar-refractivity contribution < 1.29 is 4.57 Å². The molecule has 162 valence electrons. The third-order valence-electron chi connectivity index (χ3n) is 7.76. The van der Waals surface area contributed by atoms with E-state index in [1.54, 1.807) is 0 Å². The summed E-state index contributed by atoms with van der Waals surface area (Å²) < 4.78 is 2.57. The summed E-state index contributed by atoms with van der Waals surface area (Å²) in [7, 11) is 0. The zero-order valence-electron chi connectivity index (χ0n) is 20.5. The number of hydrogen-bond acceptors (Lipinski definition) is 1. The van der Waals surface area contributed by atoms with Crippen LogP contribution in [0.5, 0.6) is 0 Å². The van der Waals surface area contributed by atoms with Crippen LogP contribution in [-0.4, -0.2) is 6.21 Å². The molecule has 1 aliphatic rings. The van der Waals surface area contributed by atoms with Gasteiger partial charge in [0.05, 0.1) is 17.3 Å². The molecule has 0 bridgehead atoms. The summed E-state index contributed by atoms with van der Waals surface area (Å²) in [6.07, 6.45) is 13.8. The molecule has 0 radical (unpaired) electrons. The van der Waals surface area contributed by atoms with Gasteiger partial charge in [0.15, 0.2) is 11.9 Å². The Balaban J connectivity index is 2.91. The topological polar surface area (TPSA) is 16.2 Å². The van der Waals surface area contributed by atoms with E-state index >= 15 is 0 Å². The highest BCUT2D eigenvalue weighted by Crippen LogP contribution is 2.60. The Bertz CT molecular complexity index is 726. The van der Waals surface area contributed by atoms with Gasteiger partial charge in [-0.15, -0.1) is 0 Å². The Morgan fingerprint density at radius 1 is 1.10 bits per heavy atom. The molecule has 1 aliphatic heterocycles. The van der Waals surface area contributed by atoms with Crippen LogP contribution in [0.25, 0.3) is 0 Å². The van der Waals surface area contributed by atoms with Gasteiger partial charge < -0.3 is 0 Å². The Morgan fingerprint density at radius 3 is 2.24 bits per heavy atom. The molecule has 2 heteroatoms. The highest BCUT2D eigenvalue weighted by molar-refractivity contribution is 5.60. The first kappa shape index (κ1) is 23.8. The van der Waals surface area contributed by atoms with E-state index in [0.29, 0.717) is 23.7 Å². The Morgan fingerprint density at radius 2 is 1.76 bits per heavy atom. The predicted molar refractivity (Wildman–Crippen MR) is 127 cm³/mol. The van der Waals surface area contributed by atoms with E-state index in [0.717, 1.165) is 25.7 Å². The fourth-order valence-corrected chi connectivity index (χ4v) is 5.87. The normalized spacial score (nSPS) is 25.8. The van der Waals surface area contributed by atoms with Gasteiger partial charge in [-0.25, -0.2) is 4.99 Å². The van der Waals surface area contributed by atoms with Crippen LogP contribution in [0.3, 0.4) is 0 Å². The molecule has 2 rings (SSSR count). The fourth-order valence-electron chi connectivity index (χ4n) is 5.87. The molecule has 0 aromatic carbocycles. The minimum Gasteiger partial charge on any atom is -0.226 e. The number of fused-ring (bicyclic) bond motifs is 1. The van der Waals surface area contributed by atoms with E-state index in [9.17, 15) is 0 Å². The highest BCUT2D eigenvalue weighted by Gasteiger charge is 2.69. The average molecular weight is 398 g/mol. The Hall–Kier alpha value is -1.44. The zero-order valence-corrected chi connectivity index (χ0v) is 20.5. The number of aliphatic imine (C=N–C) groups is 1. The van der Waals surface area contributed by atoms with Crippen molar-refractivity contribution in [1.82, 2.24) is 0 Å². The maximum absolute atomic E-state index is 5.54. The standard InChI is InChI=1S/C27H45N2/c1-10-15-22(9)27(28-19-21(8)11-2)26(13-4,14-5)24(12-3)25-18-23(20(6)7)16-17-29(25)27/h10,15-22,24H,11-14H2,1-9H3/q+1/b15-10-,28-19?. The molecule has 0 spiro atoms. The molecular formula is C27H45N2+. The van der Waals surface area contributed by atoms with Crippen LogP contribution in [0, 0.1) is 17.3 Å². The molecule has 0 amide bonds. The Kier molecular flexibility index (Phi) is 7.87. The van der Waals surface area contributed by atoms with Gasteiger partial charge in [0.2, 0.25) is 0 Å². The first-order valence-electron chi connectivity index (χ1n) is 12.0. The molecule has 29 heavy (non-hydrogen) atoms. The second-order valence-corrected chi connectivity index (χ2v) is 9.44. The van der Waals surface area contributed by atoms with E-state index in [1.165, 1.54) is 11.3 Å². The molecule has 1 aromatic rings. The molecule has 0 fully saturated rings. The molecule has 2 nitrogen and oxygen atoms in total. The summed E-state index contributed by atoms with van der Waals surface area (Å²) in [5, 5.41) is 0. The number of hydrogen-bond donors (Lipinski definition) is 0. The number of pyridine rings is 1. The maximum Gasteiger partial charge on any atom is 0.272 e. The third-order valence-corrected chi connectivity index (χ3v) is 7.76. The minimum absolute atomic E-state index is 0.118. The molecule has 1 aromatic heterocycles. The van der Waals surface area contributed by atoms with Crippen molar-refractivity contribution in [2.45, 2.75) is 105 Å². The Labute approximate surface area is 180 Å². The lowest BCUT2D eigenvalue weighted by atomic mass is 9.60. The van der Waals surface area contributed by atoms with Crippen LogP contribution in [-0.2, 0) is 5.66 Å². The fraction of sp³-hybridized carbons (Fsp3) is 0.704. The summed E-state index contributed by atoms with van der Waals surface area (Å²) in [6.45, 7) is 20.8. The van der Waals surface area contributed by atoms with E-state index in [4.69, 9.17) is 4.99 Å². The predicted octanol–water partition coefficient (Wildman–Crippen LogP) is 7.39. The van der Waals surface area contributed by atoms with E-state index in [1.807, 2.05) is 0 Å². The van der Waals surface area contributed by atoms with Gasteiger partial charge in [-0.05, 0) is 50.0 Å². The zero-order chi connectivity index (χ0) is 21.8. The largest absolute Gasteiger partial charge is 0.272 e. The van der Waals surface area contributed by atoms with Gasteiger partial charge >= 0.3 is 0 Å². The third kappa shape index (κ3) is 3.73. The van der Waals surface area contributed by atoms with Crippen molar-refractivity contribution in [3.05, 3.63) is 41.7 Å². The van der Waals surface area contributed by atoms with Crippen molar-refractivity contribution in [3.63, 3.8) is 0 Å². The summed E-state index contributed by atoms with van der Waals surface area (Å²) in [4.78, 5) is 5.54. The van der Waals surface area contributed by atoms with Crippen molar-refractivity contribution in [1.29, 1.82) is 0 Å². The lowest BCUT2D eigenvalue weighted by Crippen LogP contribution is -2.63. The van der Waals surface area contributed by atoms with Gasteiger partial charge in [0.1, 0.15) is 0 Å². The highest BCUT2D eigenvalue weighted by atomic mass is 15.3. The van der Waals surface area contributed by atoms with Crippen LogP contribution in [0.15, 0.2) is 35.5 Å². The number of allylic oxidation sites excluding steroid dienone is 1.